The molecule has 0 unspecified atom stereocenters. The Balaban J connectivity index is 2.05. The molecule has 2 rings (SSSR count). The highest BCUT2D eigenvalue weighted by molar-refractivity contribution is 9.10. The predicted molar refractivity (Wildman–Crippen MR) is 87.6 cm³/mol. The highest BCUT2D eigenvalue weighted by Crippen LogP contribution is 2.25. The minimum Gasteiger partial charge on any atom is -0.369 e. The van der Waals surface area contributed by atoms with Gasteiger partial charge in [-0.25, -0.2) is 9.97 Å². The normalized spacial score (nSPS) is 10.5. The van der Waals surface area contributed by atoms with E-state index < -0.39 is 0 Å². The van der Waals surface area contributed by atoms with Crippen molar-refractivity contribution in [2.45, 2.75) is 17.6 Å². The summed E-state index contributed by atoms with van der Waals surface area (Å²) in [7, 11) is 0. The molecule has 1 heterocycles. The van der Waals surface area contributed by atoms with Crippen LogP contribution < -0.4 is 5.32 Å². The first kappa shape index (κ1) is 14.8. The average molecular weight is 403 g/mol. The summed E-state index contributed by atoms with van der Waals surface area (Å²) in [5.41, 5.74) is 0. The van der Waals surface area contributed by atoms with Crippen LogP contribution in [0.4, 0.5) is 5.82 Å². The Bertz CT molecular complexity index is 563. The molecule has 0 radical (unpaired) electrons. The van der Waals surface area contributed by atoms with Gasteiger partial charge in [-0.2, -0.15) is 0 Å². The maximum absolute atomic E-state index is 4.50. The van der Waals surface area contributed by atoms with Crippen molar-refractivity contribution in [1.82, 2.24) is 9.97 Å². The molecule has 2 aromatic rings. The molecule has 0 aliphatic heterocycles. The monoisotopic (exact) mass is 401 g/mol. The lowest BCUT2D eigenvalue weighted by molar-refractivity contribution is 1.01. The van der Waals surface area contributed by atoms with Crippen LogP contribution in [-0.2, 0) is 5.75 Å². The van der Waals surface area contributed by atoms with Crippen molar-refractivity contribution in [3.05, 3.63) is 45.2 Å². The van der Waals surface area contributed by atoms with Crippen LogP contribution in [0.5, 0.6) is 0 Å². The molecular weight excluding hydrogens is 390 g/mol. The molecule has 0 amide bonds. The highest BCUT2D eigenvalue weighted by atomic mass is 79.9. The zero-order valence-electron chi connectivity index (χ0n) is 10.4. The van der Waals surface area contributed by atoms with Gasteiger partial charge in [-0.3, -0.25) is 0 Å². The summed E-state index contributed by atoms with van der Waals surface area (Å²) in [6.07, 6.45) is 1.79. The molecule has 0 aliphatic rings. The topological polar surface area (TPSA) is 37.8 Å². The van der Waals surface area contributed by atoms with E-state index in [2.05, 4.69) is 59.3 Å². The van der Waals surface area contributed by atoms with Crippen molar-refractivity contribution in [3.8, 4) is 0 Å². The van der Waals surface area contributed by atoms with Crippen molar-refractivity contribution >= 4 is 49.4 Å². The van der Waals surface area contributed by atoms with Crippen molar-refractivity contribution in [2.24, 2.45) is 0 Å². The third kappa shape index (κ3) is 4.47. The van der Waals surface area contributed by atoms with Crippen LogP contribution in [0.3, 0.4) is 0 Å². The fraction of sp³-hybridized carbons (Fsp3) is 0.231. The van der Waals surface area contributed by atoms with Crippen molar-refractivity contribution in [3.63, 3.8) is 0 Å². The van der Waals surface area contributed by atoms with Crippen LogP contribution in [0.1, 0.15) is 12.7 Å². The van der Waals surface area contributed by atoms with Crippen LogP contribution in [0, 0.1) is 0 Å². The van der Waals surface area contributed by atoms with E-state index in [1.807, 2.05) is 19.1 Å². The van der Waals surface area contributed by atoms with Crippen molar-refractivity contribution < 1.29 is 0 Å². The van der Waals surface area contributed by atoms with E-state index in [-0.39, 0.29) is 0 Å². The fourth-order valence-electron chi connectivity index (χ4n) is 1.47. The number of nitrogens with one attached hydrogen (secondary N) is 1. The molecule has 0 bridgehead atoms. The molecular formula is C13H13Br2N3S. The molecule has 0 fully saturated rings. The third-order valence-corrected chi connectivity index (χ3v) is 4.37. The number of anilines is 1. The summed E-state index contributed by atoms with van der Waals surface area (Å²) < 4.78 is 1.98. The predicted octanol–water partition coefficient (Wildman–Crippen LogP) is 4.73. The number of nitrogens with zero attached hydrogens (tertiary/aromatic N) is 2. The van der Waals surface area contributed by atoms with E-state index in [0.29, 0.717) is 0 Å². The molecule has 0 saturated heterocycles. The molecule has 3 nitrogen and oxygen atoms in total. The van der Waals surface area contributed by atoms with Gasteiger partial charge in [0.2, 0.25) is 0 Å². The standard InChI is InChI=1S/C13H13Br2N3S/c1-2-16-13-11(15)7-17-12(18-13)8-19-10-5-3-4-9(14)6-10/h3-7H,2,8H2,1H3,(H,16,17,18). The number of hydrogen-bond acceptors (Lipinski definition) is 4. The number of hydrogen-bond donors (Lipinski definition) is 1. The average Bonchev–Trinajstić information content (AvgIpc) is 2.40. The fourth-order valence-corrected chi connectivity index (χ4v) is 3.17. The quantitative estimate of drug-likeness (QED) is 0.733. The zero-order chi connectivity index (χ0) is 13.7. The maximum Gasteiger partial charge on any atom is 0.144 e. The van der Waals surface area contributed by atoms with Gasteiger partial charge in [0, 0.05) is 22.1 Å². The summed E-state index contributed by atoms with van der Waals surface area (Å²) in [5, 5.41) is 3.21. The summed E-state index contributed by atoms with van der Waals surface area (Å²) in [6, 6.07) is 8.22. The van der Waals surface area contributed by atoms with Crippen LogP contribution in [0.15, 0.2) is 44.3 Å². The maximum atomic E-state index is 4.50. The van der Waals surface area contributed by atoms with Gasteiger partial charge in [-0.05, 0) is 41.1 Å². The van der Waals surface area contributed by atoms with Crippen LogP contribution in [-0.4, -0.2) is 16.5 Å². The number of rotatable bonds is 5. The second-order valence-electron chi connectivity index (χ2n) is 3.76. The molecule has 19 heavy (non-hydrogen) atoms. The lowest BCUT2D eigenvalue weighted by atomic mass is 10.4. The Labute approximate surface area is 133 Å². The van der Waals surface area contributed by atoms with Crippen molar-refractivity contribution in [1.29, 1.82) is 0 Å². The van der Waals surface area contributed by atoms with Gasteiger partial charge in [0.1, 0.15) is 11.6 Å². The third-order valence-electron chi connectivity index (χ3n) is 2.30. The Morgan fingerprint density at radius 3 is 2.89 bits per heavy atom. The summed E-state index contributed by atoms with van der Waals surface area (Å²) in [6.45, 7) is 2.89. The minimum atomic E-state index is 0.752. The first-order chi connectivity index (χ1) is 9.19. The second kappa shape index (κ2) is 7.26. The Morgan fingerprint density at radius 1 is 1.32 bits per heavy atom. The molecule has 0 aliphatic carbocycles. The lowest BCUT2D eigenvalue weighted by Crippen LogP contribution is -2.03. The minimum absolute atomic E-state index is 0.752. The van der Waals surface area contributed by atoms with E-state index in [1.54, 1.807) is 18.0 Å². The molecule has 1 N–H and O–H groups in total. The summed E-state index contributed by atoms with van der Waals surface area (Å²) in [5.74, 6) is 2.42. The van der Waals surface area contributed by atoms with Gasteiger partial charge in [0.05, 0.1) is 10.2 Å². The Morgan fingerprint density at radius 2 is 2.16 bits per heavy atom. The Hall–Kier alpha value is -0.590. The van der Waals surface area contributed by atoms with E-state index in [9.17, 15) is 0 Å². The van der Waals surface area contributed by atoms with E-state index in [4.69, 9.17) is 0 Å². The number of halogens is 2. The van der Waals surface area contributed by atoms with E-state index in [0.717, 1.165) is 32.9 Å². The SMILES string of the molecule is CCNc1nc(CSc2cccc(Br)c2)ncc1Br. The summed E-state index contributed by atoms with van der Waals surface area (Å²) >= 11 is 8.63. The largest absolute Gasteiger partial charge is 0.369 e. The van der Waals surface area contributed by atoms with Gasteiger partial charge in [-0.15, -0.1) is 11.8 Å². The molecule has 6 heteroatoms. The van der Waals surface area contributed by atoms with Gasteiger partial charge in [0.15, 0.2) is 0 Å². The molecule has 0 atom stereocenters. The van der Waals surface area contributed by atoms with Crippen LogP contribution in [0.2, 0.25) is 0 Å². The summed E-state index contributed by atoms with van der Waals surface area (Å²) in [4.78, 5) is 10.0. The van der Waals surface area contributed by atoms with Crippen LogP contribution >= 0.6 is 43.6 Å². The van der Waals surface area contributed by atoms with Gasteiger partial charge in [0.25, 0.3) is 0 Å². The van der Waals surface area contributed by atoms with Gasteiger partial charge < -0.3 is 5.32 Å². The molecule has 0 spiro atoms. The highest BCUT2D eigenvalue weighted by Gasteiger charge is 2.05. The van der Waals surface area contributed by atoms with Crippen molar-refractivity contribution in [2.75, 3.05) is 11.9 Å². The van der Waals surface area contributed by atoms with Gasteiger partial charge >= 0.3 is 0 Å². The Kier molecular flexibility index (Phi) is 5.66. The molecule has 1 aromatic carbocycles. The lowest BCUT2D eigenvalue weighted by Gasteiger charge is -2.07. The molecule has 100 valence electrons. The van der Waals surface area contributed by atoms with E-state index in [1.165, 1.54) is 4.90 Å². The molecule has 1 aromatic heterocycles. The smallest absolute Gasteiger partial charge is 0.144 e. The number of thioether (sulfide) groups is 1. The van der Waals surface area contributed by atoms with Crippen LogP contribution in [0.25, 0.3) is 0 Å². The first-order valence-corrected chi connectivity index (χ1v) is 8.40. The van der Waals surface area contributed by atoms with Gasteiger partial charge in [-0.1, -0.05) is 22.0 Å². The number of benzene rings is 1. The van der Waals surface area contributed by atoms with E-state index >= 15 is 0 Å². The second-order valence-corrected chi connectivity index (χ2v) is 6.58. The zero-order valence-corrected chi connectivity index (χ0v) is 14.3. The first-order valence-electron chi connectivity index (χ1n) is 5.82. The number of aromatic nitrogens is 2. The molecule has 0 saturated carbocycles.